The number of aryl methyl sites for hydroxylation is 1. The number of nitrogens with zero attached hydrogens (tertiary/aromatic N) is 8. The van der Waals surface area contributed by atoms with E-state index >= 15 is 0 Å². The molecule has 4 aromatic rings. The minimum atomic E-state index is -4.68. The zero-order valence-electron chi connectivity index (χ0n) is 31.9. The fraction of sp³-hybridized carbons (Fsp3) is 0.475. The first kappa shape index (κ1) is 38.3. The lowest BCUT2D eigenvalue weighted by atomic mass is 10.0. The number of imide groups is 1. The second kappa shape index (κ2) is 15.4. The molecule has 3 aromatic heterocycles. The van der Waals surface area contributed by atoms with Gasteiger partial charge >= 0.3 is 12.2 Å². The number of ketones is 1. The Hall–Kier alpha value is -5.58. The highest BCUT2D eigenvalue weighted by atomic mass is 19.4. The van der Waals surface area contributed by atoms with Crippen molar-refractivity contribution in [2.75, 3.05) is 65.8 Å². The molecule has 300 valence electrons. The molecule has 17 heteroatoms. The van der Waals surface area contributed by atoms with Gasteiger partial charge in [0, 0.05) is 81.6 Å². The molecule has 3 amide bonds. The van der Waals surface area contributed by atoms with E-state index in [1.54, 1.807) is 23.8 Å². The molecule has 1 saturated carbocycles. The van der Waals surface area contributed by atoms with Gasteiger partial charge in [-0.2, -0.15) is 18.2 Å². The lowest BCUT2D eigenvalue weighted by Gasteiger charge is -2.44. The maximum atomic E-state index is 14.2. The van der Waals surface area contributed by atoms with E-state index in [1.165, 1.54) is 13.0 Å². The number of alkyl halides is 3. The minimum Gasteiger partial charge on any atom is -0.370 e. The van der Waals surface area contributed by atoms with E-state index in [0.29, 0.717) is 53.2 Å². The van der Waals surface area contributed by atoms with Crippen molar-refractivity contribution in [1.29, 1.82) is 0 Å². The topological polar surface area (TPSA) is 149 Å². The quantitative estimate of drug-likeness (QED) is 0.209. The monoisotopic (exact) mass is 786 g/mol. The van der Waals surface area contributed by atoms with E-state index in [-0.39, 0.29) is 41.6 Å². The predicted octanol–water partition coefficient (Wildman–Crippen LogP) is 5.81. The Bertz CT molecular complexity index is 2260. The summed E-state index contributed by atoms with van der Waals surface area (Å²) in [5.41, 5.74) is 1.30. The van der Waals surface area contributed by atoms with Gasteiger partial charge in [-0.25, -0.2) is 14.8 Å². The fourth-order valence-electron chi connectivity index (χ4n) is 8.88. The number of pyridine rings is 2. The van der Waals surface area contributed by atoms with Gasteiger partial charge in [-0.1, -0.05) is 12.8 Å². The number of Topliss-reactive ketones (excluding diaryl/α,β-unsaturated/α-hetero) is 1. The number of amides is 3. The molecule has 2 N–H and O–H groups in total. The highest BCUT2D eigenvalue weighted by Gasteiger charge is 2.38. The number of nitrogens with one attached hydrogen (secondary N) is 2. The molecular formula is C40H45F3N10O4. The Morgan fingerprint density at radius 1 is 0.842 bits per heavy atom. The normalized spacial score (nSPS) is 19.1. The lowest BCUT2D eigenvalue weighted by Crippen LogP contribution is -2.53. The van der Waals surface area contributed by atoms with Crippen LogP contribution in [-0.2, 0) is 11.0 Å². The van der Waals surface area contributed by atoms with Gasteiger partial charge in [-0.3, -0.25) is 34.1 Å². The molecule has 0 unspecified atom stereocenters. The summed E-state index contributed by atoms with van der Waals surface area (Å²) >= 11 is 0. The average Bonchev–Trinajstić information content (AvgIpc) is 3.72. The van der Waals surface area contributed by atoms with Gasteiger partial charge < -0.3 is 15.1 Å². The number of urea groups is 1. The first-order valence-electron chi connectivity index (χ1n) is 19.6. The molecule has 0 bridgehead atoms. The molecule has 1 aliphatic carbocycles. The molecule has 1 aromatic carbocycles. The minimum absolute atomic E-state index is 0.0144. The van der Waals surface area contributed by atoms with Crippen LogP contribution in [0.2, 0.25) is 0 Å². The molecule has 57 heavy (non-hydrogen) atoms. The zero-order chi connectivity index (χ0) is 40.0. The van der Waals surface area contributed by atoms with E-state index < -0.39 is 23.7 Å². The maximum absolute atomic E-state index is 14.2. The Balaban J connectivity index is 0.876. The largest absolute Gasteiger partial charge is 0.418 e. The van der Waals surface area contributed by atoms with Crippen LogP contribution in [0.1, 0.15) is 79.4 Å². The van der Waals surface area contributed by atoms with Crippen LogP contribution in [0.4, 0.5) is 46.8 Å². The van der Waals surface area contributed by atoms with Crippen LogP contribution in [0.15, 0.2) is 47.5 Å². The second-order valence-corrected chi connectivity index (χ2v) is 15.3. The Kier molecular flexibility index (Phi) is 10.3. The molecule has 4 aliphatic rings. The number of aromatic nitrogens is 4. The molecule has 14 nitrogen and oxygen atoms in total. The van der Waals surface area contributed by atoms with Gasteiger partial charge in [-0.15, -0.1) is 0 Å². The number of benzene rings is 1. The zero-order valence-corrected chi connectivity index (χ0v) is 31.9. The van der Waals surface area contributed by atoms with Crippen LogP contribution in [0.5, 0.6) is 0 Å². The fourth-order valence-corrected chi connectivity index (χ4v) is 8.88. The smallest absolute Gasteiger partial charge is 0.370 e. The van der Waals surface area contributed by atoms with Gasteiger partial charge in [0.25, 0.3) is 5.56 Å². The van der Waals surface area contributed by atoms with Crippen LogP contribution < -0.4 is 30.9 Å². The molecule has 4 fully saturated rings. The maximum Gasteiger partial charge on any atom is 0.418 e. The van der Waals surface area contributed by atoms with Crippen molar-refractivity contribution >= 4 is 57.6 Å². The summed E-state index contributed by atoms with van der Waals surface area (Å²) in [6.07, 6.45) is 4.38. The van der Waals surface area contributed by atoms with Crippen LogP contribution >= 0.6 is 0 Å². The van der Waals surface area contributed by atoms with Gasteiger partial charge in [0.2, 0.25) is 11.9 Å². The lowest BCUT2D eigenvalue weighted by molar-refractivity contribution is -0.137. The number of piperidine rings is 1. The van der Waals surface area contributed by atoms with E-state index in [1.807, 2.05) is 23.2 Å². The molecule has 8 rings (SSSR count). The van der Waals surface area contributed by atoms with Crippen LogP contribution in [0.3, 0.4) is 0 Å². The summed E-state index contributed by atoms with van der Waals surface area (Å²) in [5, 5.41) is 5.97. The highest BCUT2D eigenvalue weighted by Crippen LogP contribution is 2.40. The van der Waals surface area contributed by atoms with Crippen molar-refractivity contribution in [3.05, 3.63) is 69.8 Å². The number of hydrogen-bond donors (Lipinski definition) is 2. The summed E-state index contributed by atoms with van der Waals surface area (Å²) < 4.78 is 44.3. The number of halogens is 3. The molecule has 0 spiro atoms. The summed E-state index contributed by atoms with van der Waals surface area (Å²) in [5.74, 6) is 0.104. The highest BCUT2D eigenvalue weighted by molar-refractivity contribution is 6.06. The molecule has 6 heterocycles. The molecule has 0 radical (unpaired) electrons. The molecule has 3 saturated heterocycles. The first-order valence-corrected chi connectivity index (χ1v) is 19.6. The Morgan fingerprint density at radius 2 is 1.54 bits per heavy atom. The van der Waals surface area contributed by atoms with Gasteiger partial charge in [0.15, 0.2) is 5.78 Å². The van der Waals surface area contributed by atoms with Crippen LogP contribution in [0.25, 0.3) is 11.0 Å². The second-order valence-electron chi connectivity index (χ2n) is 15.3. The van der Waals surface area contributed by atoms with Crippen molar-refractivity contribution in [3.8, 4) is 0 Å². The van der Waals surface area contributed by atoms with Crippen molar-refractivity contribution in [3.63, 3.8) is 0 Å². The van der Waals surface area contributed by atoms with E-state index in [4.69, 9.17) is 4.98 Å². The number of piperazine rings is 1. The van der Waals surface area contributed by atoms with E-state index in [9.17, 15) is 32.3 Å². The van der Waals surface area contributed by atoms with Gasteiger partial charge in [0.05, 0.1) is 28.7 Å². The molecule has 0 atom stereocenters. The summed E-state index contributed by atoms with van der Waals surface area (Å²) in [6, 6.07) is 7.43. The van der Waals surface area contributed by atoms with Gasteiger partial charge in [0.1, 0.15) is 11.5 Å². The third-order valence-electron chi connectivity index (χ3n) is 11.9. The average molecular weight is 787 g/mol. The van der Waals surface area contributed by atoms with Crippen molar-refractivity contribution in [1.82, 2.24) is 29.7 Å². The number of hydrogen-bond acceptors (Lipinski definition) is 11. The third-order valence-corrected chi connectivity index (χ3v) is 11.9. The van der Waals surface area contributed by atoms with E-state index in [2.05, 4.69) is 30.4 Å². The first-order chi connectivity index (χ1) is 27.4. The third kappa shape index (κ3) is 7.64. The van der Waals surface area contributed by atoms with Crippen LogP contribution in [-0.4, -0.2) is 94.0 Å². The summed E-state index contributed by atoms with van der Waals surface area (Å²) in [6.45, 7) is 7.34. The number of anilines is 5. The number of carbonyl (C=O) groups excluding carboxylic acids is 3. The van der Waals surface area contributed by atoms with Gasteiger partial charge in [-0.05, 0) is 75.4 Å². The Morgan fingerprint density at radius 3 is 2.19 bits per heavy atom. The standard InChI is InChI=1S/C40H45F3N10O4/c1-24-30-23-45-38(48-36(30)53(27-5-3-4-6-27)37(56)35(24)25(2)54)46-33-10-8-29(22-44-33)49-14-11-26(12-15-49)50-17-19-51(20-18-50)28-7-9-32(31(21-28)40(41,42)43)52-16-13-34(55)47-39(52)57/h7-10,21-23,26-27H,3-6,11-20H2,1-2H3,(H,47,55,57)(H,44,45,46,48). The number of carbonyl (C=O) groups is 3. The molecular weight excluding hydrogens is 741 g/mol. The van der Waals surface area contributed by atoms with Crippen molar-refractivity contribution < 1.29 is 27.6 Å². The van der Waals surface area contributed by atoms with Crippen LogP contribution in [0, 0.1) is 6.92 Å². The van der Waals surface area contributed by atoms with E-state index in [0.717, 1.165) is 81.4 Å². The number of fused-ring (bicyclic) bond motifs is 1. The SMILES string of the molecule is CC(=O)c1c(C)c2cnc(Nc3ccc(N4CCC(N5CCN(c6ccc(N7CCC(=O)NC7=O)c(C(F)(F)F)c6)CC5)CC4)cn3)nc2n(C2CCCC2)c1=O. The Labute approximate surface area is 327 Å². The number of rotatable bonds is 8. The van der Waals surface area contributed by atoms with Crippen molar-refractivity contribution in [2.45, 2.75) is 77.1 Å². The van der Waals surface area contributed by atoms with Crippen molar-refractivity contribution in [2.24, 2.45) is 0 Å². The molecule has 3 aliphatic heterocycles. The summed E-state index contributed by atoms with van der Waals surface area (Å²) in [7, 11) is 0. The predicted molar refractivity (Wildman–Crippen MR) is 210 cm³/mol. The summed E-state index contributed by atoms with van der Waals surface area (Å²) in [4.78, 5) is 71.5.